The molecule has 0 aromatic rings. The Hall–Kier alpha value is -1.01. The van der Waals surface area contributed by atoms with E-state index in [2.05, 4.69) is 22.5 Å². The second kappa shape index (κ2) is 6.44. The van der Waals surface area contributed by atoms with Crippen LogP contribution in [0, 0.1) is 17.8 Å². The summed E-state index contributed by atoms with van der Waals surface area (Å²) in [5.74, 6) is 6.59. The third-order valence-electron chi connectivity index (χ3n) is 2.16. The zero-order valence-corrected chi connectivity index (χ0v) is 8.73. The summed E-state index contributed by atoms with van der Waals surface area (Å²) in [6.07, 6.45) is 3.38. The Morgan fingerprint density at radius 2 is 2.29 bits per heavy atom. The van der Waals surface area contributed by atoms with Crippen molar-refractivity contribution >= 4 is 5.91 Å². The molecule has 0 atom stereocenters. The lowest BCUT2D eigenvalue weighted by molar-refractivity contribution is -0.120. The highest BCUT2D eigenvalue weighted by atomic mass is 16.1. The van der Waals surface area contributed by atoms with Crippen molar-refractivity contribution in [3.63, 3.8) is 0 Å². The maximum Gasteiger partial charge on any atom is 0.233 e. The summed E-state index contributed by atoms with van der Waals surface area (Å²) in [6.45, 7) is 3.89. The first-order chi connectivity index (χ1) is 6.83. The molecule has 1 saturated carbocycles. The summed E-state index contributed by atoms with van der Waals surface area (Å²) in [5.41, 5.74) is 0. The van der Waals surface area contributed by atoms with Gasteiger partial charge in [0, 0.05) is 13.0 Å². The number of nitrogens with one attached hydrogen (secondary N) is 2. The standard InChI is InChI=1S/C11H18N2O/c1-2-3-4-7-13-11(14)9-12-8-10-5-6-10/h10,12H,4-9H2,1H3,(H,13,14). The van der Waals surface area contributed by atoms with E-state index in [1.807, 2.05) is 0 Å². The normalized spacial score (nSPS) is 14.4. The minimum Gasteiger partial charge on any atom is -0.354 e. The first-order valence-electron chi connectivity index (χ1n) is 5.20. The van der Waals surface area contributed by atoms with Gasteiger partial charge < -0.3 is 10.6 Å². The van der Waals surface area contributed by atoms with Crippen LogP contribution < -0.4 is 10.6 Å². The van der Waals surface area contributed by atoms with Gasteiger partial charge in [-0.15, -0.1) is 11.8 Å². The van der Waals surface area contributed by atoms with Gasteiger partial charge in [-0.25, -0.2) is 0 Å². The van der Waals surface area contributed by atoms with Crippen LogP contribution in [0.15, 0.2) is 0 Å². The van der Waals surface area contributed by atoms with Crippen LogP contribution in [-0.4, -0.2) is 25.5 Å². The minimum absolute atomic E-state index is 0.0727. The summed E-state index contributed by atoms with van der Waals surface area (Å²) in [5, 5.41) is 5.95. The van der Waals surface area contributed by atoms with Gasteiger partial charge >= 0.3 is 0 Å². The Balaban J connectivity index is 1.88. The van der Waals surface area contributed by atoms with Crippen LogP contribution in [0.1, 0.15) is 26.2 Å². The molecule has 0 aromatic heterocycles. The molecule has 0 heterocycles. The third-order valence-corrected chi connectivity index (χ3v) is 2.16. The van der Waals surface area contributed by atoms with Crippen LogP contribution in [0.4, 0.5) is 0 Å². The number of rotatable bonds is 6. The summed E-state index contributed by atoms with van der Waals surface area (Å²) in [6, 6.07) is 0. The van der Waals surface area contributed by atoms with Gasteiger partial charge in [0.1, 0.15) is 0 Å². The van der Waals surface area contributed by atoms with Crippen LogP contribution in [0.3, 0.4) is 0 Å². The average molecular weight is 194 g/mol. The van der Waals surface area contributed by atoms with E-state index >= 15 is 0 Å². The van der Waals surface area contributed by atoms with E-state index in [1.54, 1.807) is 6.92 Å². The topological polar surface area (TPSA) is 41.1 Å². The van der Waals surface area contributed by atoms with Crippen LogP contribution in [0.25, 0.3) is 0 Å². The van der Waals surface area contributed by atoms with Gasteiger partial charge in [0.15, 0.2) is 0 Å². The van der Waals surface area contributed by atoms with E-state index in [4.69, 9.17) is 0 Å². The number of carbonyl (C=O) groups is 1. The van der Waals surface area contributed by atoms with Crippen molar-refractivity contribution < 1.29 is 4.79 Å². The molecular weight excluding hydrogens is 176 g/mol. The molecule has 0 aliphatic heterocycles. The molecule has 14 heavy (non-hydrogen) atoms. The Labute approximate surface area is 85.6 Å². The molecule has 3 nitrogen and oxygen atoms in total. The molecule has 2 N–H and O–H groups in total. The van der Waals surface area contributed by atoms with E-state index in [0.29, 0.717) is 13.1 Å². The van der Waals surface area contributed by atoms with Crippen molar-refractivity contribution in [1.82, 2.24) is 10.6 Å². The predicted octanol–water partition coefficient (Wildman–Crippen LogP) is 0.516. The molecule has 78 valence electrons. The highest BCUT2D eigenvalue weighted by Crippen LogP contribution is 2.27. The fourth-order valence-corrected chi connectivity index (χ4v) is 1.16. The first-order valence-corrected chi connectivity index (χ1v) is 5.20. The molecule has 0 spiro atoms. The van der Waals surface area contributed by atoms with Gasteiger partial charge in [0.25, 0.3) is 0 Å². The number of hydrogen-bond acceptors (Lipinski definition) is 2. The van der Waals surface area contributed by atoms with Crippen molar-refractivity contribution in [3.8, 4) is 11.8 Å². The molecule has 1 fully saturated rings. The van der Waals surface area contributed by atoms with Gasteiger partial charge in [-0.3, -0.25) is 4.79 Å². The van der Waals surface area contributed by atoms with E-state index in [-0.39, 0.29) is 5.91 Å². The number of amides is 1. The molecule has 0 radical (unpaired) electrons. The zero-order chi connectivity index (χ0) is 10.2. The Bertz CT molecular complexity index is 235. The molecule has 3 heteroatoms. The second-order valence-corrected chi connectivity index (χ2v) is 3.60. The summed E-state index contributed by atoms with van der Waals surface area (Å²) < 4.78 is 0. The molecule has 0 aromatic carbocycles. The minimum atomic E-state index is 0.0727. The average Bonchev–Trinajstić information content (AvgIpc) is 2.96. The largest absolute Gasteiger partial charge is 0.354 e. The molecule has 0 bridgehead atoms. The lowest BCUT2D eigenvalue weighted by Crippen LogP contribution is -2.35. The zero-order valence-electron chi connectivity index (χ0n) is 8.73. The smallest absolute Gasteiger partial charge is 0.233 e. The van der Waals surface area contributed by atoms with E-state index in [9.17, 15) is 4.79 Å². The Morgan fingerprint density at radius 3 is 2.93 bits per heavy atom. The summed E-state index contributed by atoms with van der Waals surface area (Å²) >= 11 is 0. The maximum absolute atomic E-state index is 11.2. The fourth-order valence-electron chi connectivity index (χ4n) is 1.16. The van der Waals surface area contributed by atoms with Gasteiger partial charge in [-0.05, 0) is 32.2 Å². The van der Waals surface area contributed by atoms with E-state index < -0.39 is 0 Å². The monoisotopic (exact) mass is 194 g/mol. The third kappa shape index (κ3) is 5.60. The molecule has 1 aliphatic carbocycles. The van der Waals surface area contributed by atoms with Crippen LogP contribution in [0.5, 0.6) is 0 Å². The predicted molar refractivity (Wildman–Crippen MR) is 56.7 cm³/mol. The SMILES string of the molecule is CC#CCCNC(=O)CNCC1CC1. The highest BCUT2D eigenvalue weighted by molar-refractivity contribution is 5.77. The van der Waals surface area contributed by atoms with E-state index in [0.717, 1.165) is 18.9 Å². The summed E-state index contributed by atoms with van der Waals surface area (Å²) in [7, 11) is 0. The quantitative estimate of drug-likeness (QED) is 0.478. The lowest BCUT2D eigenvalue weighted by Gasteiger charge is -2.03. The van der Waals surface area contributed by atoms with Gasteiger partial charge in [0.05, 0.1) is 6.54 Å². The number of carbonyl (C=O) groups excluding carboxylic acids is 1. The lowest BCUT2D eigenvalue weighted by atomic mass is 10.4. The Kier molecular flexibility index (Phi) is 5.09. The first kappa shape index (κ1) is 11.1. The molecule has 0 saturated heterocycles. The molecule has 1 amide bonds. The van der Waals surface area contributed by atoms with E-state index in [1.165, 1.54) is 12.8 Å². The van der Waals surface area contributed by atoms with Gasteiger partial charge in [-0.1, -0.05) is 0 Å². The fraction of sp³-hybridized carbons (Fsp3) is 0.727. The van der Waals surface area contributed by atoms with Crippen LogP contribution >= 0.6 is 0 Å². The molecule has 1 aliphatic rings. The van der Waals surface area contributed by atoms with Gasteiger partial charge in [0.2, 0.25) is 5.91 Å². The van der Waals surface area contributed by atoms with Gasteiger partial charge in [-0.2, -0.15) is 0 Å². The highest BCUT2D eigenvalue weighted by Gasteiger charge is 2.20. The summed E-state index contributed by atoms with van der Waals surface area (Å²) in [4.78, 5) is 11.2. The number of hydrogen-bond donors (Lipinski definition) is 2. The van der Waals surface area contributed by atoms with Crippen molar-refractivity contribution in [2.24, 2.45) is 5.92 Å². The Morgan fingerprint density at radius 1 is 1.50 bits per heavy atom. The molecule has 0 unspecified atom stereocenters. The van der Waals surface area contributed by atoms with Crippen molar-refractivity contribution in [2.75, 3.05) is 19.6 Å². The van der Waals surface area contributed by atoms with Crippen molar-refractivity contribution in [2.45, 2.75) is 26.2 Å². The molecule has 1 rings (SSSR count). The van der Waals surface area contributed by atoms with Crippen LogP contribution in [-0.2, 0) is 4.79 Å². The molecular formula is C11H18N2O. The second-order valence-electron chi connectivity index (χ2n) is 3.60. The van der Waals surface area contributed by atoms with Crippen molar-refractivity contribution in [3.05, 3.63) is 0 Å². The van der Waals surface area contributed by atoms with Crippen LogP contribution in [0.2, 0.25) is 0 Å². The maximum atomic E-state index is 11.2. The van der Waals surface area contributed by atoms with Crippen molar-refractivity contribution in [1.29, 1.82) is 0 Å².